The lowest BCUT2D eigenvalue weighted by molar-refractivity contribution is 0.689. The third-order valence-electron chi connectivity index (χ3n) is 1.20. The normalized spacial score (nSPS) is 12.7. The van der Waals surface area contributed by atoms with Crippen LogP contribution in [0, 0.1) is 5.92 Å². The molecule has 0 amide bonds. The van der Waals surface area contributed by atoms with Crippen molar-refractivity contribution in [3.63, 3.8) is 0 Å². The van der Waals surface area contributed by atoms with Crippen LogP contribution in [0.15, 0.2) is 0 Å². The second-order valence-electron chi connectivity index (χ2n) is 4.20. The molecule has 0 atom stereocenters. The first-order valence-corrected chi connectivity index (χ1v) is 5.15. The molecule has 0 fully saturated rings. The molecule has 0 N–H and O–H groups in total. The Labute approximate surface area is 61.9 Å². The molecule has 1 heteroatoms. The van der Waals surface area contributed by atoms with E-state index in [9.17, 15) is 0 Å². The van der Waals surface area contributed by atoms with Crippen molar-refractivity contribution in [1.29, 1.82) is 0 Å². The lowest BCUT2D eigenvalue weighted by Crippen LogP contribution is -2.09. The second-order valence-corrected chi connectivity index (χ2v) is 6.81. The van der Waals surface area contributed by atoms with Crippen LogP contribution in [-0.4, -0.2) is 9.52 Å². The van der Waals surface area contributed by atoms with E-state index in [1.165, 1.54) is 6.04 Å². The smallest absolute Gasteiger partial charge is 0.0347 e. The van der Waals surface area contributed by atoms with Crippen LogP contribution in [0.5, 0.6) is 0 Å². The summed E-state index contributed by atoms with van der Waals surface area (Å²) in [5.41, 5.74) is 0. The molecule has 0 rings (SSSR count). The monoisotopic (exact) mass is 143 g/mol. The summed E-state index contributed by atoms with van der Waals surface area (Å²) in [4.78, 5) is 0. The maximum Gasteiger partial charge on any atom is 0.0347 e. The van der Waals surface area contributed by atoms with Gasteiger partial charge in [-0.15, -0.1) is 0 Å². The molecule has 0 spiro atoms. The SMILES string of the molecule is CC(C)C[SiH]C(C)(C)C. The van der Waals surface area contributed by atoms with Crippen LogP contribution in [0.3, 0.4) is 0 Å². The standard InChI is InChI=1S/C8H19Si/c1-7(2)6-9-8(3,4)5/h7,9H,6H2,1-5H3. The second kappa shape index (κ2) is 3.40. The summed E-state index contributed by atoms with van der Waals surface area (Å²) >= 11 is 0. The molecule has 0 nitrogen and oxygen atoms in total. The summed E-state index contributed by atoms with van der Waals surface area (Å²) in [6.45, 7) is 11.6. The van der Waals surface area contributed by atoms with E-state index >= 15 is 0 Å². The molecule has 0 heterocycles. The summed E-state index contributed by atoms with van der Waals surface area (Å²) in [6, 6.07) is 1.45. The Morgan fingerprint density at radius 2 is 1.67 bits per heavy atom. The fraction of sp³-hybridized carbons (Fsp3) is 1.00. The van der Waals surface area contributed by atoms with Crippen molar-refractivity contribution in [2.24, 2.45) is 5.92 Å². The van der Waals surface area contributed by atoms with Crippen molar-refractivity contribution in [3.8, 4) is 0 Å². The van der Waals surface area contributed by atoms with E-state index in [-0.39, 0.29) is 0 Å². The third-order valence-corrected chi connectivity index (χ3v) is 3.60. The Kier molecular flexibility index (Phi) is 3.48. The van der Waals surface area contributed by atoms with Crippen LogP contribution in [0.2, 0.25) is 11.1 Å². The van der Waals surface area contributed by atoms with Gasteiger partial charge in [-0.3, -0.25) is 0 Å². The summed E-state index contributed by atoms with van der Waals surface area (Å²) in [5.74, 6) is 0.902. The van der Waals surface area contributed by atoms with Gasteiger partial charge in [-0.1, -0.05) is 40.7 Å². The Hall–Kier alpha value is 0.217. The molecule has 0 saturated heterocycles. The van der Waals surface area contributed by atoms with Gasteiger partial charge in [-0.05, 0) is 11.0 Å². The zero-order chi connectivity index (χ0) is 7.49. The minimum absolute atomic E-state index is 0.615. The van der Waals surface area contributed by atoms with Crippen molar-refractivity contribution in [3.05, 3.63) is 0 Å². The fourth-order valence-electron chi connectivity index (χ4n) is 0.589. The predicted molar refractivity (Wildman–Crippen MR) is 46.5 cm³/mol. The average Bonchev–Trinajstić information content (AvgIpc) is 1.59. The van der Waals surface area contributed by atoms with Crippen LogP contribution in [-0.2, 0) is 0 Å². The Bertz CT molecular complexity index is 69.1. The molecule has 0 aliphatic carbocycles. The van der Waals surface area contributed by atoms with Crippen molar-refractivity contribution >= 4 is 9.52 Å². The summed E-state index contributed by atoms with van der Waals surface area (Å²) in [7, 11) is 0.662. The molecule has 0 bridgehead atoms. The summed E-state index contributed by atoms with van der Waals surface area (Å²) < 4.78 is 0. The molecule has 55 valence electrons. The lowest BCUT2D eigenvalue weighted by atomic mass is 10.2. The van der Waals surface area contributed by atoms with Gasteiger partial charge < -0.3 is 0 Å². The summed E-state index contributed by atoms with van der Waals surface area (Å²) in [5, 5.41) is 0.615. The van der Waals surface area contributed by atoms with Crippen LogP contribution in [0.1, 0.15) is 34.6 Å². The van der Waals surface area contributed by atoms with E-state index in [2.05, 4.69) is 34.6 Å². The molecule has 0 unspecified atom stereocenters. The highest BCUT2D eigenvalue weighted by Gasteiger charge is 2.10. The van der Waals surface area contributed by atoms with E-state index < -0.39 is 0 Å². The maximum absolute atomic E-state index is 2.34. The van der Waals surface area contributed by atoms with Gasteiger partial charge in [0, 0.05) is 9.52 Å². The first kappa shape index (κ1) is 9.22. The largest absolute Gasteiger partial charge is 0.0631 e. The van der Waals surface area contributed by atoms with E-state index in [0.29, 0.717) is 14.6 Å². The molecule has 9 heavy (non-hydrogen) atoms. The topological polar surface area (TPSA) is 0 Å². The molecule has 1 radical (unpaired) electrons. The van der Waals surface area contributed by atoms with Crippen LogP contribution < -0.4 is 0 Å². The molecule has 0 saturated carbocycles. The van der Waals surface area contributed by atoms with Crippen LogP contribution in [0.4, 0.5) is 0 Å². The minimum Gasteiger partial charge on any atom is -0.0631 e. The highest BCUT2D eigenvalue weighted by atomic mass is 28.2. The highest BCUT2D eigenvalue weighted by molar-refractivity contribution is 6.39. The van der Waals surface area contributed by atoms with Gasteiger partial charge in [0.15, 0.2) is 0 Å². The molecule has 0 aromatic rings. The van der Waals surface area contributed by atoms with Gasteiger partial charge in [-0.2, -0.15) is 0 Å². The van der Waals surface area contributed by atoms with Crippen LogP contribution >= 0.6 is 0 Å². The van der Waals surface area contributed by atoms with Gasteiger partial charge in [-0.25, -0.2) is 0 Å². The lowest BCUT2D eigenvalue weighted by Gasteiger charge is -2.17. The zero-order valence-electron chi connectivity index (χ0n) is 7.36. The van der Waals surface area contributed by atoms with Gasteiger partial charge >= 0.3 is 0 Å². The zero-order valence-corrected chi connectivity index (χ0v) is 8.52. The van der Waals surface area contributed by atoms with E-state index in [1.54, 1.807) is 0 Å². The Balaban J connectivity index is 3.28. The van der Waals surface area contributed by atoms with Crippen molar-refractivity contribution < 1.29 is 0 Å². The Morgan fingerprint density at radius 3 is 1.78 bits per heavy atom. The van der Waals surface area contributed by atoms with Crippen molar-refractivity contribution in [2.75, 3.05) is 0 Å². The van der Waals surface area contributed by atoms with E-state index in [1.807, 2.05) is 0 Å². The highest BCUT2D eigenvalue weighted by Crippen LogP contribution is 2.23. The Morgan fingerprint density at radius 1 is 1.22 bits per heavy atom. The first-order chi connectivity index (χ1) is 3.92. The number of hydrogen-bond acceptors (Lipinski definition) is 0. The molecule has 0 aromatic heterocycles. The first-order valence-electron chi connectivity index (χ1n) is 3.76. The van der Waals surface area contributed by atoms with E-state index in [4.69, 9.17) is 0 Å². The quantitative estimate of drug-likeness (QED) is 0.521. The number of hydrogen-bond donors (Lipinski definition) is 0. The van der Waals surface area contributed by atoms with Gasteiger partial charge in [0.05, 0.1) is 0 Å². The van der Waals surface area contributed by atoms with Gasteiger partial charge in [0.25, 0.3) is 0 Å². The van der Waals surface area contributed by atoms with Gasteiger partial charge in [0.2, 0.25) is 0 Å². The van der Waals surface area contributed by atoms with Gasteiger partial charge in [0.1, 0.15) is 0 Å². The van der Waals surface area contributed by atoms with Crippen molar-refractivity contribution in [2.45, 2.75) is 45.7 Å². The third kappa shape index (κ3) is 8.22. The van der Waals surface area contributed by atoms with Crippen LogP contribution in [0.25, 0.3) is 0 Å². The molecule has 0 aromatic carbocycles. The molecular formula is C8H19Si. The maximum atomic E-state index is 2.34. The van der Waals surface area contributed by atoms with Crippen molar-refractivity contribution in [1.82, 2.24) is 0 Å². The summed E-state index contributed by atoms with van der Waals surface area (Å²) in [6.07, 6.45) is 0. The average molecular weight is 143 g/mol. The molecular weight excluding hydrogens is 124 g/mol. The number of rotatable bonds is 2. The molecule has 0 aliphatic heterocycles. The molecule has 0 aliphatic rings. The fourth-order valence-corrected chi connectivity index (χ4v) is 1.77. The predicted octanol–water partition coefficient (Wildman–Crippen LogP) is 2.72. The van der Waals surface area contributed by atoms with E-state index in [0.717, 1.165) is 5.92 Å². The minimum atomic E-state index is 0.615.